The fourth-order valence-electron chi connectivity index (χ4n) is 1.36. The lowest BCUT2D eigenvalue weighted by Crippen LogP contribution is -2.16. The molecule has 0 unspecified atom stereocenters. The molecule has 1 aromatic carbocycles. The Balaban J connectivity index is 3.30. The summed E-state index contributed by atoms with van der Waals surface area (Å²) in [7, 11) is 1.41. The molecule has 0 heterocycles. The summed E-state index contributed by atoms with van der Waals surface area (Å²) in [5.74, 6) is 0. The lowest BCUT2D eigenvalue weighted by atomic mass is 10.0. The second kappa shape index (κ2) is 4.56. The second-order valence-corrected chi connectivity index (χ2v) is 3.40. The molecule has 0 radical (unpaired) electrons. The molecular formula is C10H9F6N. The van der Waals surface area contributed by atoms with Crippen molar-refractivity contribution in [2.45, 2.75) is 18.9 Å². The Morgan fingerprint density at radius 3 is 2.00 bits per heavy atom. The summed E-state index contributed by atoms with van der Waals surface area (Å²) in [6.45, 7) is -0.146. The van der Waals surface area contributed by atoms with Crippen LogP contribution in [0.2, 0.25) is 0 Å². The van der Waals surface area contributed by atoms with Crippen LogP contribution in [0.5, 0.6) is 0 Å². The summed E-state index contributed by atoms with van der Waals surface area (Å²) in [5, 5.41) is 2.47. The third-order valence-corrected chi connectivity index (χ3v) is 2.11. The molecule has 0 amide bonds. The van der Waals surface area contributed by atoms with Crippen molar-refractivity contribution >= 4 is 0 Å². The van der Waals surface area contributed by atoms with Crippen molar-refractivity contribution in [3.8, 4) is 0 Å². The van der Waals surface area contributed by atoms with Crippen molar-refractivity contribution in [1.82, 2.24) is 5.32 Å². The van der Waals surface area contributed by atoms with Crippen LogP contribution in [0.4, 0.5) is 26.3 Å². The molecule has 1 N–H and O–H groups in total. The molecule has 0 aliphatic carbocycles. The molecule has 0 aromatic heterocycles. The minimum atomic E-state index is -4.80. The number of hydrogen-bond donors (Lipinski definition) is 1. The first-order chi connectivity index (χ1) is 7.66. The molecule has 7 heteroatoms. The maximum atomic E-state index is 12.5. The van der Waals surface area contributed by atoms with E-state index in [4.69, 9.17) is 0 Å². The number of hydrogen-bond acceptors (Lipinski definition) is 1. The fraction of sp³-hybridized carbons (Fsp3) is 0.400. The smallest absolute Gasteiger partial charge is 0.316 e. The molecule has 1 nitrogen and oxygen atoms in total. The van der Waals surface area contributed by atoms with Gasteiger partial charge in [-0.15, -0.1) is 0 Å². The number of alkyl halides is 6. The molecule has 0 saturated carbocycles. The highest BCUT2D eigenvalue weighted by Gasteiger charge is 2.37. The van der Waals surface area contributed by atoms with Crippen molar-refractivity contribution in [2.24, 2.45) is 0 Å². The highest BCUT2D eigenvalue weighted by molar-refractivity contribution is 5.35. The van der Waals surface area contributed by atoms with Crippen LogP contribution < -0.4 is 5.32 Å². The SMILES string of the molecule is CNCc1ccc(C(F)(F)F)cc1C(F)(F)F. The van der Waals surface area contributed by atoms with Crippen molar-refractivity contribution < 1.29 is 26.3 Å². The van der Waals surface area contributed by atoms with E-state index < -0.39 is 23.5 Å². The number of halogens is 6. The molecule has 1 rings (SSSR count). The van der Waals surface area contributed by atoms with Gasteiger partial charge in [0.1, 0.15) is 0 Å². The van der Waals surface area contributed by atoms with Gasteiger partial charge < -0.3 is 5.32 Å². The molecule has 1 aromatic rings. The lowest BCUT2D eigenvalue weighted by Gasteiger charge is -2.15. The van der Waals surface area contributed by atoms with Gasteiger partial charge in [-0.05, 0) is 24.7 Å². The van der Waals surface area contributed by atoms with Gasteiger partial charge in [0.05, 0.1) is 11.1 Å². The Kier molecular flexibility index (Phi) is 3.71. The summed E-state index contributed by atoms with van der Waals surface area (Å²) in [6.07, 6.45) is -9.58. The molecule has 0 aliphatic heterocycles. The van der Waals surface area contributed by atoms with Gasteiger partial charge in [-0.25, -0.2) is 0 Å². The molecular weight excluding hydrogens is 248 g/mol. The third kappa shape index (κ3) is 3.36. The monoisotopic (exact) mass is 257 g/mol. The van der Waals surface area contributed by atoms with Gasteiger partial charge >= 0.3 is 12.4 Å². The van der Waals surface area contributed by atoms with Gasteiger partial charge in [-0.2, -0.15) is 26.3 Å². The molecule has 17 heavy (non-hydrogen) atoms. The summed E-state index contributed by atoms with van der Waals surface area (Å²) < 4.78 is 74.5. The lowest BCUT2D eigenvalue weighted by molar-refractivity contribution is -0.143. The second-order valence-electron chi connectivity index (χ2n) is 3.40. The molecule has 0 fully saturated rings. The predicted molar refractivity (Wildman–Crippen MR) is 49.2 cm³/mol. The number of nitrogens with one attached hydrogen (secondary N) is 1. The predicted octanol–water partition coefficient (Wildman–Crippen LogP) is 3.44. The van der Waals surface area contributed by atoms with Crippen LogP contribution in [0.15, 0.2) is 18.2 Å². The van der Waals surface area contributed by atoms with E-state index in [0.717, 1.165) is 6.07 Å². The van der Waals surface area contributed by atoms with Gasteiger partial charge in [-0.3, -0.25) is 0 Å². The van der Waals surface area contributed by atoms with Crippen LogP contribution in [-0.4, -0.2) is 7.05 Å². The van der Waals surface area contributed by atoms with Crippen LogP contribution in [0.1, 0.15) is 16.7 Å². The van der Waals surface area contributed by atoms with Crippen molar-refractivity contribution in [1.29, 1.82) is 0 Å². The summed E-state index contributed by atoms with van der Waals surface area (Å²) >= 11 is 0. The zero-order valence-electron chi connectivity index (χ0n) is 8.71. The van der Waals surface area contributed by atoms with Crippen molar-refractivity contribution in [2.75, 3.05) is 7.05 Å². The summed E-state index contributed by atoms with van der Waals surface area (Å²) in [5.41, 5.74) is -2.78. The van der Waals surface area contributed by atoms with Crippen LogP contribution in [-0.2, 0) is 18.9 Å². The van der Waals surface area contributed by atoms with E-state index in [0.29, 0.717) is 6.07 Å². The highest BCUT2D eigenvalue weighted by atomic mass is 19.4. The highest BCUT2D eigenvalue weighted by Crippen LogP contribution is 2.37. The Morgan fingerprint density at radius 1 is 1.00 bits per heavy atom. The zero-order valence-corrected chi connectivity index (χ0v) is 8.71. The largest absolute Gasteiger partial charge is 0.416 e. The van der Waals surface area contributed by atoms with E-state index in [-0.39, 0.29) is 18.2 Å². The van der Waals surface area contributed by atoms with Crippen LogP contribution in [0.3, 0.4) is 0 Å². The van der Waals surface area contributed by atoms with Crippen LogP contribution in [0.25, 0.3) is 0 Å². The quantitative estimate of drug-likeness (QED) is 0.800. The standard InChI is InChI=1S/C10H9F6N/c1-17-5-6-2-3-7(9(11,12)13)4-8(6)10(14,15)16/h2-4,17H,5H2,1H3. The Morgan fingerprint density at radius 2 is 1.59 bits per heavy atom. The zero-order chi connectivity index (χ0) is 13.3. The van der Waals surface area contributed by atoms with Gasteiger partial charge in [0, 0.05) is 6.54 Å². The fourth-order valence-corrected chi connectivity index (χ4v) is 1.36. The third-order valence-electron chi connectivity index (χ3n) is 2.11. The first-order valence-electron chi connectivity index (χ1n) is 4.58. The van der Waals surface area contributed by atoms with E-state index >= 15 is 0 Å². The van der Waals surface area contributed by atoms with E-state index in [2.05, 4.69) is 5.32 Å². The van der Waals surface area contributed by atoms with Gasteiger partial charge in [0.15, 0.2) is 0 Å². The van der Waals surface area contributed by atoms with Crippen LogP contribution >= 0.6 is 0 Å². The number of rotatable bonds is 2. The summed E-state index contributed by atoms with van der Waals surface area (Å²) in [4.78, 5) is 0. The molecule has 0 atom stereocenters. The summed E-state index contributed by atoms with van der Waals surface area (Å²) in [6, 6.07) is 1.61. The van der Waals surface area contributed by atoms with E-state index in [9.17, 15) is 26.3 Å². The van der Waals surface area contributed by atoms with Crippen molar-refractivity contribution in [3.63, 3.8) is 0 Å². The average Bonchev–Trinajstić information content (AvgIpc) is 2.15. The Labute approximate surface area is 93.4 Å². The Hall–Kier alpha value is -1.24. The van der Waals surface area contributed by atoms with Gasteiger partial charge in [-0.1, -0.05) is 6.07 Å². The molecule has 0 saturated heterocycles. The topological polar surface area (TPSA) is 12.0 Å². The van der Waals surface area contributed by atoms with E-state index in [1.54, 1.807) is 0 Å². The van der Waals surface area contributed by atoms with E-state index in [1.165, 1.54) is 7.05 Å². The number of benzene rings is 1. The first kappa shape index (κ1) is 13.8. The normalized spacial score (nSPS) is 12.9. The molecule has 0 aliphatic rings. The molecule has 96 valence electrons. The molecule has 0 spiro atoms. The first-order valence-corrected chi connectivity index (χ1v) is 4.58. The van der Waals surface area contributed by atoms with E-state index in [1.807, 2.05) is 0 Å². The molecule has 0 bridgehead atoms. The van der Waals surface area contributed by atoms with Gasteiger partial charge in [0.2, 0.25) is 0 Å². The maximum Gasteiger partial charge on any atom is 0.416 e. The Bertz CT molecular complexity index is 393. The minimum Gasteiger partial charge on any atom is -0.316 e. The van der Waals surface area contributed by atoms with Crippen LogP contribution in [0, 0.1) is 0 Å². The van der Waals surface area contributed by atoms with Gasteiger partial charge in [0.25, 0.3) is 0 Å². The minimum absolute atomic E-state index is 0.132. The maximum absolute atomic E-state index is 12.5. The average molecular weight is 257 g/mol. The van der Waals surface area contributed by atoms with Crippen molar-refractivity contribution in [3.05, 3.63) is 34.9 Å².